The van der Waals surface area contributed by atoms with Crippen molar-refractivity contribution >= 4 is 11.6 Å². The zero-order chi connectivity index (χ0) is 17.4. The minimum atomic E-state index is -0.473. The molecule has 0 N–H and O–H groups in total. The first-order valence-electron chi connectivity index (χ1n) is 10.4. The highest BCUT2D eigenvalue weighted by Crippen LogP contribution is 2.67. The van der Waals surface area contributed by atoms with Crippen molar-refractivity contribution in [3.05, 3.63) is 11.1 Å². The van der Waals surface area contributed by atoms with E-state index in [2.05, 4.69) is 13.8 Å². The van der Waals surface area contributed by atoms with Gasteiger partial charge in [-0.1, -0.05) is 25.0 Å². The lowest BCUT2D eigenvalue weighted by molar-refractivity contribution is -0.155. The van der Waals surface area contributed by atoms with Gasteiger partial charge in [0.15, 0.2) is 5.78 Å². The molecule has 1 spiro atoms. The van der Waals surface area contributed by atoms with E-state index in [1.807, 2.05) is 0 Å². The van der Waals surface area contributed by atoms with Crippen LogP contribution >= 0.6 is 0 Å². The number of carbonyl (C=O) groups excluding carboxylic acids is 2. The maximum atomic E-state index is 12.8. The van der Waals surface area contributed by atoms with Gasteiger partial charge in [-0.15, -0.1) is 0 Å². The Kier molecular flexibility index (Phi) is 3.43. The van der Waals surface area contributed by atoms with Gasteiger partial charge in [-0.2, -0.15) is 0 Å². The number of Topliss-reactive ketones (excluding diaryl/α,β-unsaturated/α-hetero) is 2. The predicted octanol–water partition coefficient (Wildman–Crippen LogP) is 4.25. The number of ketones is 2. The smallest absolute Gasteiger partial charge is 0.167 e. The van der Waals surface area contributed by atoms with E-state index in [4.69, 9.17) is 4.74 Å². The SMILES string of the molecule is C[C@@H]1CC2=C(CCC(=O)C2)[C@H]2CC[C@@]3(C)[C@@H](CC[C@]34OCCC4=O)[C@H]12. The molecular weight excluding hydrogens is 312 g/mol. The Hall–Kier alpha value is -0.960. The van der Waals surface area contributed by atoms with E-state index in [0.29, 0.717) is 48.3 Å². The number of hydrogen-bond acceptors (Lipinski definition) is 3. The molecule has 1 heterocycles. The van der Waals surface area contributed by atoms with Gasteiger partial charge in [0.05, 0.1) is 6.61 Å². The third-order valence-corrected chi connectivity index (χ3v) is 8.79. The fourth-order valence-electron chi connectivity index (χ4n) is 7.76. The molecule has 0 amide bonds. The van der Waals surface area contributed by atoms with E-state index in [1.54, 1.807) is 5.57 Å². The first-order chi connectivity index (χ1) is 12.0. The van der Waals surface area contributed by atoms with Crippen LogP contribution in [0.5, 0.6) is 0 Å². The molecule has 3 fully saturated rings. The number of hydrogen-bond donors (Lipinski definition) is 0. The van der Waals surface area contributed by atoms with Crippen LogP contribution in [0.15, 0.2) is 11.1 Å². The molecule has 0 bridgehead atoms. The van der Waals surface area contributed by atoms with Crippen molar-refractivity contribution in [1.82, 2.24) is 0 Å². The van der Waals surface area contributed by atoms with E-state index >= 15 is 0 Å². The Morgan fingerprint density at radius 3 is 2.68 bits per heavy atom. The highest BCUT2D eigenvalue weighted by molar-refractivity contribution is 5.90. The van der Waals surface area contributed by atoms with E-state index in [9.17, 15) is 9.59 Å². The Labute approximate surface area is 150 Å². The monoisotopic (exact) mass is 342 g/mol. The molecule has 0 aromatic carbocycles. The quantitative estimate of drug-likeness (QED) is 0.618. The summed E-state index contributed by atoms with van der Waals surface area (Å²) in [7, 11) is 0. The molecule has 1 aliphatic heterocycles. The molecule has 25 heavy (non-hydrogen) atoms. The number of ether oxygens (including phenoxy) is 1. The van der Waals surface area contributed by atoms with Gasteiger partial charge in [-0.3, -0.25) is 9.59 Å². The van der Waals surface area contributed by atoms with Crippen LogP contribution in [0.1, 0.15) is 71.6 Å². The molecule has 3 nitrogen and oxygen atoms in total. The van der Waals surface area contributed by atoms with Gasteiger partial charge in [0.2, 0.25) is 0 Å². The molecule has 0 aromatic heterocycles. The van der Waals surface area contributed by atoms with Crippen LogP contribution in [0.25, 0.3) is 0 Å². The topological polar surface area (TPSA) is 43.4 Å². The van der Waals surface area contributed by atoms with Crippen molar-refractivity contribution in [1.29, 1.82) is 0 Å². The number of allylic oxidation sites excluding steroid dienone is 2. The van der Waals surface area contributed by atoms with Crippen molar-refractivity contribution in [3.8, 4) is 0 Å². The molecule has 3 heteroatoms. The maximum absolute atomic E-state index is 12.8. The number of rotatable bonds is 0. The summed E-state index contributed by atoms with van der Waals surface area (Å²) in [5.41, 5.74) is 2.68. The minimum Gasteiger partial charge on any atom is -0.366 e. The van der Waals surface area contributed by atoms with Crippen LogP contribution in [0.4, 0.5) is 0 Å². The molecule has 0 aromatic rings. The molecule has 5 rings (SSSR count). The summed E-state index contributed by atoms with van der Waals surface area (Å²) in [6.45, 7) is 5.39. The van der Waals surface area contributed by atoms with Gasteiger partial charge in [-0.25, -0.2) is 0 Å². The van der Waals surface area contributed by atoms with Crippen LogP contribution in [-0.2, 0) is 14.3 Å². The molecule has 136 valence electrons. The Morgan fingerprint density at radius 2 is 1.92 bits per heavy atom. The van der Waals surface area contributed by atoms with Crippen molar-refractivity contribution in [3.63, 3.8) is 0 Å². The summed E-state index contributed by atoms with van der Waals surface area (Å²) in [6.07, 6.45) is 8.59. The first-order valence-corrected chi connectivity index (χ1v) is 10.4. The summed E-state index contributed by atoms with van der Waals surface area (Å²) in [4.78, 5) is 24.7. The van der Waals surface area contributed by atoms with Crippen molar-refractivity contribution < 1.29 is 14.3 Å². The van der Waals surface area contributed by atoms with E-state index < -0.39 is 5.60 Å². The Bertz CT molecular complexity index is 677. The molecule has 0 unspecified atom stereocenters. The second kappa shape index (κ2) is 5.28. The highest BCUT2D eigenvalue weighted by Gasteiger charge is 2.67. The van der Waals surface area contributed by atoms with Gasteiger partial charge in [0, 0.05) is 24.7 Å². The highest BCUT2D eigenvalue weighted by atomic mass is 16.5. The van der Waals surface area contributed by atoms with Crippen molar-refractivity contribution in [2.24, 2.45) is 29.1 Å². The average Bonchev–Trinajstić information content (AvgIpc) is 3.09. The Morgan fingerprint density at radius 1 is 1.08 bits per heavy atom. The van der Waals surface area contributed by atoms with Gasteiger partial charge in [0.1, 0.15) is 11.4 Å². The predicted molar refractivity (Wildman–Crippen MR) is 95.0 cm³/mol. The first kappa shape index (κ1) is 16.2. The van der Waals surface area contributed by atoms with Crippen LogP contribution in [0.2, 0.25) is 0 Å². The summed E-state index contributed by atoms with van der Waals surface area (Å²) >= 11 is 0. The second-order valence-electron chi connectivity index (χ2n) is 9.66. The summed E-state index contributed by atoms with van der Waals surface area (Å²) in [5, 5.41) is 0. The summed E-state index contributed by atoms with van der Waals surface area (Å²) in [6, 6.07) is 0. The van der Waals surface area contributed by atoms with Crippen LogP contribution in [-0.4, -0.2) is 23.8 Å². The second-order valence-corrected chi connectivity index (χ2v) is 9.66. The molecule has 2 saturated carbocycles. The number of fused-ring (bicyclic) bond motifs is 5. The summed E-state index contributed by atoms with van der Waals surface area (Å²) < 4.78 is 6.22. The van der Waals surface area contributed by atoms with Crippen molar-refractivity contribution in [2.75, 3.05) is 6.61 Å². The Balaban J connectivity index is 1.53. The van der Waals surface area contributed by atoms with Crippen LogP contribution in [0, 0.1) is 29.1 Å². The lowest BCUT2D eigenvalue weighted by Gasteiger charge is -2.55. The van der Waals surface area contributed by atoms with E-state index in [-0.39, 0.29) is 5.41 Å². The lowest BCUT2D eigenvalue weighted by Crippen LogP contribution is -2.55. The van der Waals surface area contributed by atoms with Crippen molar-refractivity contribution in [2.45, 2.75) is 77.2 Å². The van der Waals surface area contributed by atoms with Gasteiger partial charge < -0.3 is 4.74 Å². The largest absolute Gasteiger partial charge is 0.366 e. The average molecular weight is 342 g/mol. The van der Waals surface area contributed by atoms with Crippen LogP contribution < -0.4 is 0 Å². The zero-order valence-corrected chi connectivity index (χ0v) is 15.6. The third-order valence-electron chi connectivity index (χ3n) is 8.79. The molecular formula is C22H30O3. The van der Waals surface area contributed by atoms with Gasteiger partial charge >= 0.3 is 0 Å². The van der Waals surface area contributed by atoms with Gasteiger partial charge in [-0.05, 0) is 62.2 Å². The standard InChI is InChI=1S/C22H30O3/c1-13-11-14-12-15(23)3-4-16(14)17-5-8-21(2)18(20(13)17)6-9-22(21)19(24)7-10-25-22/h13,17-18,20H,3-12H2,1-2H3/t13-,17-,18+,20-,21+,22-/m1/s1. The number of carbonyl (C=O) groups is 2. The minimum absolute atomic E-state index is 0.0263. The molecule has 5 aliphatic rings. The molecule has 0 radical (unpaired) electrons. The van der Waals surface area contributed by atoms with Crippen LogP contribution in [0.3, 0.4) is 0 Å². The third kappa shape index (κ3) is 1.97. The van der Waals surface area contributed by atoms with E-state index in [1.165, 1.54) is 12.0 Å². The molecule has 4 aliphatic carbocycles. The molecule has 1 saturated heterocycles. The van der Waals surface area contributed by atoms with Gasteiger partial charge in [0.25, 0.3) is 0 Å². The fraction of sp³-hybridized carbons (Fsp3) is 0.818. The molecule has 6 atom stereocenters. The normalized spacial score (nSPS) is 49.4. The summed E-state index contributed by atoms with van der Waals surface area (Å²) in [5.74, 6) is 3.40. The zero-order valence-electron chi connectivity index (χ0n) is 15.6. The van der Waals surface area contributed by atoms with E-state index in [0.717, 1.165) is 44.9 Å². The fourth-order valence-corrected chi connectivity index (χ4v) is 7.76. The lowest BCUT2D eigenvalue weighted by atomic mass is 9.50. The maximum Gasteiger partial charge on any atom is 0.167 e.